The van der Waals surface area contributed by atoms with Crippen molar-refractivity contribution in [3.05, 3.63) is 61.7 Å². The summed E-state index contributed by atoms with van der Waals surface area (Å²) < 4.78 is 3.11. The third kappa shape index (κ3) is 4.26. The van der Waals surface area contributed by atoms with E-state index in [1.54, 1.807) is 23.0 Å². The van der Waals surface area contributed by atoms with Gasteiger partial charge in [0.15, 0.2) is 0 Å². The second-order valence-corrected chi connectivity index (χ2v) is 5.77. The van der Waals surface area contributed by atoms with E-state index in [1.807, 2.05) is 18.2 Å². The predicted octanol–water partition coefficient (Wildman–Crippen LogP) is 2.56. The van der Waals surface area contributed by atoms with Gasteiger partial charge in [0.05, 0.1) is 10.2 Å². The Balaban J connectivity index is 1.88. The Morgan fingerprint density at radius 1 is 1.32 bits per heavy atom. The monoisotopic (exact) mass is 385 g/mol. The number of hydrogen-bond acceptors (Lipinski definition) is 3. The topological polar surface area (TPSA) is 46.9 Å². The maximum atomic E-state index is 11.8. The van der Waals surface area contributed by atoms with Crippen molar-refractivity contribution in [3.8, 4) is 0 Å². The van der Waals surface area contributed by atoms with Crippen LogP contribution in [0.2, 0.25) is 0 Å². The molecule has 0 spiro atoms. The molecule has 100 valence electrons. The van der Waals surface area contributed by atoms with Crippen LogP contribution in [0.3, 0.4) is 0 Å². The van der Waals surface area contributed by atoms with Crippen molar-refractivity contribution in [2.75, 3.05) is 6.54 Å². The summed E-state index contributed by atoms with van der Waals surface area (Å²) in [5.74, 6) is 0. The quantitative estimate of drug-likeness (QED) is 0.803. The van der Waals surface area contributed by atoms with Crippen LogP contribution in [-0.4, -0.2) is 16.1 Å². The van der Waals surface area contributed by atoms with Gasteiger partial charge in [-0.05, 0) is 50.1 Å². The molecule has 0 saturated heterocycles. The largest absolute Gasteiger partial charge is 0.312 e. The minimum Gasteiger partial charge on any atom is -0.312 e. The zero-order valence-corrected chi connectivity index (χ0v) is 13.3. The lowest BCUT2D eigenvalue weighted by molar-refractivity contribution is 0.578. The number of halogens is 2. The Kier molecular flexibility index (Phi) is 5.30. The van der Waals surface area contributed by atoms with Crippen LogP contribution < -0.4 is 10.9 Å². The van der Waals surface area contributed by atoms with E-state index < -0.39 is 0 Å². The number of aromatic nitrogens is 2. The standard InChI is InChI=1S/C13H13Br2N3O/c14-10-7-12(15)13(19)18(9-10)6-5-16-8-11-3-1-2-4-17-11/h1-4,7,9,16H,5-6,8H2. The molecule has 2 rings (SSSR count). The molecule has 0 amide bonds. The summed E-state index contributed by atoms with van der Waals surface area (Å²) >= 11 is 6.62. The van der Waals surface area contributed by atoms with Gasteiger partial charge in [-0.25, -0.2) is 0 Å². The zero-order chi connectivity index (χ0) is 13.7. The molecule has 4 nitrogen and oxygen atoms in total. The third-order valence-electron chi connectivity index (χ3n) is 2.57. The number of hydrogen-bond donors (Lipinski definition) is 1. The molecule has 1 N–H and O–H groups in total. The SMILES string of the molecule is O=c1c(Br)cc(Br)cn1CCNCc1ccccn1. The van der Waals surface area contributed by atoms with Crippen molar-refractivity contribution in [2.24, 2.45) is 0 Å². The summed E-state index contributed by atoms with van der Waals surface area (Å²) in [6.45, 7) is 2.02. The highest BCUT2D eigenvalue weighted by Crippen LogP contribution is 2.12. The van der Waals surface area contributed by atoms with Gasteiger partial charge in [-0.15, -0.1) is 0 Å². The van der Waals surface area contributed by atoms with Crippen molar-refractivity contribution in [1.29, 1.82) is 0 Å². The minimum atomic E-state index is -0.0252. The van der Waals surface area contributed by atoms with Crippen LogP contribution in [0.25, 0.3) is 0 Å². The van der Waals surface area contributed by atoms with Crippen LogP contribution in [-0.2, 0) is 13.1 Å². The number of nitrogens with one attached hydrogen (secondary N) is 1. The second-order valence-electron chi connectivity index (χ2n) is 4.00. The average Bonchev–Trinajstić information content (AvgIpc) is 2.41. The Morgan fingerprint density at radius 3 is 2.89 bits per heavy atom. The van der Waals surface area contributed by atoms with Gasteiger partial charge in [-0.1, -0.05) is 6.07 Å². The van der Waals surface area contributed by atoms with Crippen LogP contribution >= 0.6 is 31.9 Å². The van der Waals surface area contributed by atoms with E-state index in [0.29, 0.717) is 24.1 Å². The first-order valence-electron chi connectivity index (χ1n) is 5.83. The van der Waals surface area contributed by atoms with Gasteiger partial charge in [0, 0.05) is 36.5 Å². The lowest BCUT2D eigenvalue weighted by Gasteiger charge is -2.08. The van der Waals surface area contributed by atoms with Gasteiger partial charge in [-0.3, -0.25) is 9.78 Å². The van der Waals surface area contributed by atoms with Crippen LogP contribution in [0.1, 0.15) is 5.69 Å². The van der Waals surface area contributed by atoms with E-state index in [0.717, 1.165) is 10.2 Å². The molecule has 0 fully saturated rings. The van der Waals surface area contributed by atoms with Crippen molar-refractivity contribution in [2.45, 2.75) is 13.1 Å². The summed E-state index contributed by atoms with van der Waals surface area (Å²) in [5.41, 5.74) is 0.966. The molecule has 6 heteroatoms. The molecule has 2 aromatic rings. The molecule has 0 saturated carbocycles. The summed E-state index contributed by atoms with van der Waals surface area (Å²) in [5, 5.41) is 3.26. The van der Waals surface area contributed by atoms with E-state index in [4.69, 9.17) is 0 Å². The molecule has 0 atom stereocenters. The highest BCUT2D eigenvalue weighted by molar-refractivity contribution is 9.11. The van der Waals surface area contributed by atoms with Crippen LogP contribution in [0, 0.1) is 0 Å². The van der Waals surface area contributed by atoms with Crippen molar-refractivity contribution in [1.82, 2.24) is 14.9 Å². The third-order valence-corrected chi connectivity index (χ3v) is 3.57. The zero-order valence-electron chi connectivity index (χ0n) is 10.1. The molecule has 0 aliphatic carbocycles. The predicted molar refractivity (Wildman–Crippen MR) is 82.0 cm³/mol. The van der Waals surface area contributed by atoms with Gasteiger partial charge in [0.2, 0.25) is 0 Å². The number of nitrogens with zero attached hydrogens (tertiary/aromatic N) is 2. The molecule has 19 heavy (non-hydrogen) atoms. The Morgan fingerprint density at radius 2 is 2.16 bits per heavy atom. The fraction of sp³-hybridized carbons (Fsp3) is 0.231. The highest BCUT2D eigenvalue weighted by atomic mass is 79.9. The molecular formula is C13H13Br2N3O. The van der Waals surface area contributed by atoms with Gasteiger partial charge < -0.3 is 9.88 Å². The summed E-state index contributed by atoms with van der Waals surface area (Å²) in [6, 6.07) is 7.57. The molecule has 2 heterocycles. The maximum Gasteiger partial charge on any atom is 0.264 e. The summed E-state index contributed by atoms with van der Waals surface area (Å²) in [4.78, 5) is 16.1. The normalized spacial score (nSPS) is 10.6. The van der Waals surface area contributed by atoms with Crippen LogP contribution in [0.5, 0.6) is 0 Å². The van der Waals surface area contributed by atoms with Crippen molar-refractivity contribution >= 4 is 31.9 Å². The molecule has 0 aromatic carbocycles. The molecule has 0 unspecified atom stereocenters. The smallest absolute Gasteiger partial charge is 0.264 e. The van der Waals surface area contributed by atoms with Crippen molar-refractivity contribution in [3.63, 3.8) is 0 Å². The van der Waals surface area contributed by atoms with Gasteiger partial charge in [0.1, 0.15) is 0 Å². The summed E-state index contributed by atoms with van der Waals surface area (Å²) in [6.07, 6.45) is 3.56. The first-order chi connectivity index (χ1) is 9.16. The maximum absolute atomic E-state index is 11.8. The number of rotatable bonds is 5. The van der Waals surface area contributed by atoms with Gasteiger partial charge in [0.25, 0.3) is 5.56 Å². The number of pyridine rings is 2. The molecular weight excluding hydrogens is 374 g/mol. The van der Waals surface area contributed by atoms with E-state index in [1.165, 1.54) is 0 Å². The molecule has 0 bridgehead atoms. The Labute approximate surface area is 128 Å². The van der Waals surface area contributed by atoms with E-state index in [-0.39, 0.29) is 5.56 Å². The van der Waals surface area contributed by atoms with Gasteiger partial charge >= 0.3 is 0 Å². The Bertz CT molecular complexity index is 599. The Hall–Kier alpha value is -0.980. The van der Waals surface area contributed by atoms with E-state index >= 15 is 0 Å². The molecule has 0 aliphatic rings. The van der Waals surface area contributed by atoms with Crippen LogP contribution in [0.15, 0.2) is 50.4 Å². The molecule has 2 aromatic heterocycles. The fourth-order valence-electron chi connectivity index (χ4n) is 1.65. The summed E-state index contributed by atoms with van der Waals surface area (Å²) in [7, 11) is 0. The van der Waals surface area contributed by atoms with E-state index in [2.05, 4.69) is 42.2 Å². The van der Waals surface area contributed by atoms with Gasteiger partial charge in [-0.2, -0.15) is 0 Å². The second kappa shape index (κ2) is 6.98. The average molecular weight is 387 g/mol. The lowest BCUT2D eigenvalue weighted by atomic mass is 10.3. The molecule has 0 radical (unpaired) electrons. The minimum absolute atomic E-state index is 0.0252. The van der Waals surface area contributed by atoms with E-state index in [9.17, 15) is 4.79 Å². The lowest BCUT2D eigenvalue weighted by Crippen LogP contribution is -2.27. The molecule has 0 aliphatic heterocycles. The first kappa shape index (κ1) is 14.4. The first-order valence-corrected chi connectivity index (χ1v) is 7.41. The van der Waals surface area contributed by atoms with Crippen molar-refractivity contribution < 1.29 is 0 Å². The fourth-order valence-corrected chi connectivity index (χ4v) is 2.91. The van der Waals surface area contributed by atoms with Crippen LogP contribution in [0.4, 0.5) is 0 Å². The highest BCUT2D eigenvalue weighted by Gasteiger charge is 2.02.